The summed E-state index contributed by atoms with van der Waals surface area (Å²) in [6, 6.07) is 16.0. The lowest BCUT2D eigenvalue weighted by atomic mass is 9.91. The number of aryl methyl sites for hydroxylation is 2. The summed E-state index contributed by atoms with van der Waals surface area (Å²) in [4.78, 5) is 46.3. The molecule has 1 aliphatic rings. The molecule has 13 heteroatoms. The van der Waals surface area contributed by atoms with Gasteiger partial charge in [-0.25, -0.2) is 9.78 Å². The van der Waals surface area contributed by atoms with Crippen molar-refractivity contribution < 1.29 is 33.5 Å². The predicted molar refractivity (Wildman–Crippen MR) is 179 cm³/mol. The average molecular weight is 676 g/mol. The van der Waals surface area contributed by atoms with Crippen molar-refractivity contribution in [2.45, 2.75) is 65.3 Å². The Morgan fingerprint density at radius 3 is 2.58 bits per heavy atom. The van der Waals surface area contributed by atoms with Gasteiger partial charge in [-0.05, 0) is 37.0 Å². The lowest BCUT2D eigenvalue weighted by Gasteiger charge is -2.28. The van der Waals surface area contributed by atoms with E-state index in [1.807, 2.05) is 69.3 Å². The molecule has 0 radical (unpaired) electrons. The first kappa shape index (κ1) is 34.6. The van der Waals surface area contributed by atoms with Crippen molar-refractivity contribution in [2.24, 2.45) is 5.92 Å². The minimum Gasteiger partial charge on any atom is -0.491 e. The number of carbonyl (C=O) groups is 3. The van der Waals surface area contributed by atoms with Crippen molar-refractivity contribution in [3.8, 4) is 16.2 Å². The first-order chi connectivity index (χ1) is 23.1. The molecule has 3 N–H and O–H groups in total. The summed E-state index contributed by atoms with van der Waals surface area (Å²) < 4.78 is 16.8. The van der Waals surface area contributed by atoms with Gasteiger partial charge in [-0.15, -0.1) is 11.3 Å². The van der Waals surface area contributed by atoms with Crippen molar-refractivity contribution in [1.82, 2.24) is 25.7 Å². The van der Waals surface area contributed by atoms with Crippen molar-refractivity contribution in [3.63, 3.8) is 0 Å². The largest absolute Gasteiger partial charge is 0.491 e. The lowest BCUT2D eigenvalue weighted by molar-refractivity contribution is -0.141. The monoisotopic (exact) mass is 675 g/mol. The molecule has 0 unspecified atom stereocenters. The number of carbonyl (C=O) groups excluding carboxylic acids is 3. The first-order valence-electron chi connectivity index (χ1n) is 15.9. The van der Waals surface area contributed by atoms with E-state index in [-0.39, 0.29) is 57.0 Å². The van der Waals surface area contributed by atoms with Crippen LogP contribution in [0, 0.1) is 19.8 Å². The molecule has 0 bridgehead atoms. The number of aromatic nitrogens is 2. The zero-order valence-corrected chi connectivity index (χ0v) is 28.3. The Hall–Kier alpha value is -4.75. The van der Waals surface area contributed by atoms with Gasteiger partial charge in [0.15, 0.2) is 0 Å². The van der Waals surface area contributed by atoms with Gasteiger partial charge < -0.3 is 34.6 Å². The van der Waals surface area contributed by atoms with Gasteiger partial charge in [0.05, 0.1) is 34.4 Å². The van der Waals surface area contributed by atoms with E-state index in [2.05, 4.69) is 20.8 Å². The van der Waals surface area contributed by atoms with Crippen LogP contribution >= 0.6 is 11.3 Å². The summed E-state index contributed by atoms with van der Waals surface area (Å²) in [5.74, 6) is -0.469. The number of nitrogens with one attached hydrogen (secondary N) is 2. The highest BCUT2D eigenvalue weighted by Gasteiger charge is 2.43. The molecule has 5 rings (SSSR count). The molecule has 2 aromatic heterocycles. The molecule has 0 spiro atoms. The summed E-state index contributed by atoms with van der Waals surface area (Å²) in [7, 11) is 0. The Kier molecular flexibility index (Phi) is 11.5. The fraction of sp³-hybridized carbons (Fsp3) is 0.400. The zero-order chi connectivity index (χ0) is 34.2. The number of rotatable bonds is 13. The van der Waals surface area contributed by atoms with Crippen LogP contribution in [-0.4, -0.2) is 69.9 Å². The predicted octanol–water partition coefficient (Wildman–Crippen LogP) is 4.74. The SMILES string of the molecule is Cc1cc([C@H](C(=O)N2C[C@H](O)C[C@H]2C(=O)NCc2ccc(-c3scnc3C)cc2OCCNC(=O)OCc2ccccc2)C(C)C)on1. The molecule has 0 saturated carbocycles. The summed E-state index contributed by atoms with van der Waals surface area (Å²) in [5, 5.41) is 20.1. The second-order valence-corrected chi connectivity index (χ2v) is 13.0. The maximum atomic E-state index is 13.8. The van der Waals surface area contributed by atoms with Crippen molar-refractivity contribution in [1.29, 1.82) is 0 Å². The molecule has 3 amide bonds. The maximum Gasteiger partial charge on any atom is 0.407 e. The van der Waals surface area contributed by atoms with Crippen LogP contribution in [0.3, 0.4) is 0 Å². The van der Waals surface area contributed by atoms with E-state index in [1.165, 1.54) is 16.2 Å². The lowest BCUT2D eigenvalue weighted by Crippen LogP contribution is -2.48. The molecule has 1 saturated heterocycles. The number of ether oxygens (including phenoxy) is 2. The number of hydrogen-bond donors (Lipinski definition) is 3. The summed E-state index contributed by atoms with van der Waals surface area (Å²) in [5.41, 5.74) is 5.82. The quantitative estimate of drug-likeness (QED) is 0.170. The van der Waals surface area contributed by atoms with Gasteiger partial charge in [-0.1, -0.05) is 61.5 Å². The Morgan fingerprint density at radius 2 is 1.90 bits per heavy atom. The minimum atomic E-state index is -0.854. The van der Waals surface area contributed by atoms with Crippen molar-refractivity contribution in [2.75, 3.05) is 19.7 Å². The van der Waals surface area contributed by atoms with E-state index in [9.17, 15) is 19.5 Å². The third-order valence-electron chi connectivity index (χ3n) is 8.12. The molecular formula is C35H41N5O7S. The number of amides is 3. The highest BCUT2D eigenvalue weighted by atomic mass is 32.1. The Balaban J connectivity index is 1.24. The summed E-state index contributed by atoms with van der Waals surface area (Å²) in [6.45, 7) is 8.20. The minimum absolute atomic E-state index is 0.0469. The van der Waals surface area contributed by atoms with Gasteiger partial charge in [-0.2, -0.15) is 0 Å². The molecule has 3 heterocycles. The number of benzene rings is 2. The number of alkyl carbamates (subject to hydrolysis) is 1. The number of hydrogen-bond acceptors (Lipinski definition) is 10. The van der Waals surface area contributed by atoms with E-state index in [0.29, 0.717) is 22.8 Å². The molecule has 0 aliphatic carbocycles. The second kappa shape index (κ2) is 15.9. The van der Waals surface area contributed by atoms with Crippen LogP contribution < -0.4 is 15.4 Å². The van der Waals surface area contributed by atoms with Crippen LogP contribution in [0.2, 0.25) is 0 Å². The van der Waals surface area contributed by atoms with E-state index in [4.69, 9.17) is 14.0 Å². The number of β-amino-alcohol motifs (C(OH)–C–C–N with tert-alkyl or cyclic N) is 1. The highest BCUT2D eigenvalue weighted by molar-refractivity contribution is 7.13. The van der Waals surface area contributed by atoms with Crippen LogP contribution in [0.1, 0.15) is 54.5 Å². The number of thiazole rings is 1. The molecule has 1 fully saturated rings. The van der Waals surface area contributed by atoms with Crippen LogP contribution in [0.4, 0.5) is 4.79 Å². The normalized spacial score (nSPS) is 16.5. The third kappa shape index (κ3) is 8.58. The number of likely N-dealkylation sites (tertiary alicyclic amines) is 1. The van der Waals surface area contributed by atoms with Crippen LogP contribution in [0.15, 0.2) is 64.6 Å². The molecular weight excluding hydrogens is 634 g/mol. The number of nitrogens with zero attached hydrogens (tertiary/aromatic N) is 3. The average Bonchev–Trinajstić information content (AvgIpc) is 3.81. The van der Waals surface area contributed by atoms with E-state index in [0.717, 1.165) is 21.7 Å². The Bertz CT molecular complexity index is 1710. The van der Waals surface area contributed by atoms with Crippen molar-refractivity contribution in [3.05, 3.63) is 88.4 Å². The topological polar surface area (TPSA) is 156 Å². The van der Waals surface area contributed by atoms with Crippen LogP contribution in [-0.2, 0) is 27.5 Å². The van der Waals surface area contributed by atoms with Crippen molar-refractivity contribution >= 4 is 29.2 Å². The van der Waals surface area contributed by atoms with Crippen LogP contribution in [0.5, 0.6) is 5.75 Å². The Morgan fingerprint density at radius 1 is 1.10 bits per heavy atom. The number of aliphatic hydroxyl groups is 1. The Labute approximate surface area is 283 Å². The molecule has 4 aromatic rings. The van der Waals surface area contributed by atoms with Gasteiger partial charge in [0.1, 0.15) is 36.7 Å². The molecule has 1 aliphatic heterocycles. The van der Waals surface area contributed by atoms with Gasteiger partial charge in [-0.3, -0.25) is 9.59 Å². The fourth-order valence-electron chi connectivity index (χ4n) is 5.69. The zero-order valence-electron chi connectivity index (χ0n) is 27.5. The maximum absolute atomic E-state index is 13.8. The molecule has 3 atom stereocenters. The fourth-order valence-corrected chi connectivity index (χ4v) is 6.50. The summed E-state index contributed by atoms with van der Waals surface area (Å²) >= 11 is 1.51. The molecule has 2 aromatic carbocycles. The van der Waals surface area contributed by atoms with Gasteiger partial charge >= 0.3 is 6.09 Å². The highest BCUT2D eigenvalue weighted by Crippen LogP contribution is 2.33. The molecule has 12 nitrogen and oxygen atoms in total. The first-order valence-corrected chi connectivity index (χ1v) is 16.8. The van der Waals surface area contributed by atoms with Crippen LogP contribution in [0.25, 0.3) is 10.4 Å². The van der Waals surface area contributed by atoms with Gasteiger partial charge in [0, 0.05) is 31.1 Å². The number of aliphatic hydroxyl groups excluding tert-OH is 1. The molecule has 254 valence electrons. The van der Waals surface area contributed by atoms with E-state index >= 15 is 0 Å². The van der Waals surface area contributed by atoms with Gasteiger partial charge in [0.2, 0.25) is 11.8 Å². The summed E-state index contributed by atoms with van der Waals surface area (Å²) in [6.07, 6.45) is -1.27. The van der Waals surface area contributed by atoms with Gasteiger partial charge in [0.25, 0.3) is 0 Å². The smallest absolute Gasteiger partial charge is 0.407 e. The third-order valence-corrected chi connectivity index (χ3v) is 9.10. The second-order valence-electron chi connectivity index (χ2n) is 12.1. The standard InChI is InChI=1S/C35H41N5O7S/c1-21(2)31(30-14-22(3)39-47-30)34(43)40-18-27(41)16-28(40)33(42)37-17-26-11-10-25(32-23(4)38-20-48-32)15-29(26)45-13-12-36-35(44)46-19-24-8-6-5-7-9-24/h5-11,14-15,20-21,27-28,31,41H,12-13,16-19H2,1-4H3,(H,36,44)(H,37,42)/t27-,28+,31-/m1/s1. The van der Waals surface area contributed by atoms with E-state index in [1.54, 1.807) is 18.5 Å². The van der Waals surface area contributed by atoms with E-state index < -0.39 is 24.2 Å². The molecule has 48 heavy (non-hydrogen) atoms.